The molecule has 0 radical (unpaired) electrons. The highest BCUT2D eigenvalue weighted by molar-refractivity contribution is 5.09. The molecule has 0 aromatic carbocycles. The molecule has 0 amide bonds. The quantitative estimate of drug-likeness (QED) is 0.764. The van der Waals surface area contributed by atoms with Crippen LogP contribution in [0, 0.1) is 6.92 Å². The molecule has 3 rings (SSSR count). The van der Waals surface area contributed by atoms with Gasteiger partial charge in [-0.1, -0.05) is 0 Å². The SMILES string of the molecule is Cc1ncoc1CN1CCC12CCOCC2. The smallest absolute Gasteiger partial charge is 0.181 e. The zero-order valence-corrected chi connectivity index (χ0v) is 9.74. The Bertz CT molecular complexity index is 369. The number of aromatic nitrogens is 1. The minimum absolute atomic E-state index is 0.400. The first-order chi connectivity index (χ1) is 7.80. The van der Waals surface area contributed by atoms with Gasteiger partial charge in [-0.3, -0.25) is 4.90 Å². The molecule has 0 bridgehead atoms. The number of rotatable bonds is 2. The molecule has 0 N–H and O–H groups in total. The lowest BCUT2D eigenvalue weighted by atomic mass is 9.78. The van der Waals surface area contributed by atoms with Crippen molar-refractivity contribution >= 4 is 0 Å². The Kier molecular flexibility index (Phi) is 2.48. The minimum atomic E-state index is 0.400. The van der Waals surface area contributed by atoms with Crippen LogP contribution in [0.25, 0.3) is 0 Å². The Balaban J connectivity index is 1.69. The first-order valence-corrected chi connectivity index (χ1v) is 6.02. The summed E-state index contributed by atoms with van der Waals surface area (Å²) in [6, 6.07) is 0. The molecule has 1 aromatic rings. The fourth-order valence-corrected chi connectivity index (χ4v) is 2.80. The maximum Gasteiger partial charge on any atom is 0.181 e. The average molecular weight is 222 g/mol. The van der Waals surface area contributed by atoms with Gasteiger partial charge >= 0.3 is 0 Å². The third-order valence-corrected chi connectivity index (χ3v) is 4.12. The van der Waals surface area contributed by atoms with Crippen molar-refractivity contribution in [3.8, 4) is 0 Å². The number of oxazole rings is 1. The molecule has 88 valence electrons. The van der Waals surface area contributed by atoms with E-state index in [4.69, 9.17) is 9.15 Å². The van der Waals surface area contributed by atoms with E-state index in [1.807, 2.05) is 6.92 Å². The van der Waals surface area contributed by atoms with E-state index in [1.54, 1.807) is 6.39 Å². The van der Waals surface area contributed by atoms with Crippen molar-refractivity contribution in [3.63, 3.8) is 0 Å². The highest BCUT2D eigenvalue weighted by atomic mass is 16.5. The van der Waals surface area contributed by atoms with E-state index in [2.05, 4.69) is 9.88 Å². The molecule has 0 unspecified atom stereocenters. The van der Waals surface area contributed by atoms with Crippen LogP contribution in [-0.2, 0) is 11.3 Å². The zero-order chi connectivity index (χ0) is 11.0. The molecule has 0 aliphatic carbocycles. The average Bonchev–Trinajstić information content (AvgIpc) is 2.72. The van der Waals surface area contributed by atoms with Crippen LogP contribution in [0.5, 0.6) is 0 Å². The molecule has 2 aliphatic rings. The molecular weight excluding hydrogens is 204 g/mol. The van der Waals surface area contributed by atoms with Gasteiger partial charge in [-0.2, -0.15) is 0 Å². The van der Waals surface area contributed by atoms with Crippen LogP contribution >= 0.6 is 0 Å². The normalized spacial score (nSPS) is 24.6. The molecule has 2 saturated heterocycles. The van der Waals surface area contributed by atoms with Crippen molar-refractivity contribution in [1.82, 2.24) is 9.88 Å². The van der Waals surface area contributed by atoms with Crippen molar-refractivity contribution in [1.29, 1.82) is 0 Å². The van der Waals surface area contributed by atoms with E-state index in [0.717, 1.165) is 31.2 Å². The van der Waals surface area contributed by atoms with Crippen molar-refractivity contribution < 1.29 is 9.15 Å². The van der Waals surface area contributed by atoms with E-state index in [1.165, 1.54) is 25.8 Å². The van der Waals surface area contributed by atoms with Crippen molar-refractivity contribution in [3.05, 3.63) is 17.8 Å². The summed E-state index contributed by atoms with van der Waals surface area (Å²) >= 11 is 0. The zero-order valence-electron chi connectivity index (χ0n) is 9.74. The van der Waals surface area contributed by atoms with Gasteiger partial charge < -0.3 is 9.15 Å². The number of aryl methyl sites for hydroxylation is 1. The van der Waals surface area contributed by atoms with E-state index in [0.29, 0.717) is 5.54 Å². The summed E-state index contributed by atoms with van der Waals surface area (Å²) in [6.07, 6.45) is 5.19. The second-order valence-corrected chi connectivity index (χ2v) is 4.87. The highest BCUT2D eigenvalue weighted by Gasteiger charge is 2.45. The van der Waals surface area contributed by atoms with Gasteiger partial charge in [0.15, 0.2) is 6.39 Å². The number of nitrogens with zero attached hydrogens (tertiary/aromatic N) is 2. The largest absolute Gasteiger partial charge is 0.447 e. The Hall–Kier alpha value is -0.870. The van der Waals surface area contributed by atoms with E-state index in [9.17, 15) is 0 Å². The van der Waals surface area contributed by atoms with Crippen LogP contribution < -0.4 is 0 Å². The maximum absolute atomic E-state index is 5.45. The monoisotopic (exact) mass is 222 g/mol. The second kappa shape index (κ2) is 3.86. The van der Waals surface area contributed by atoms with Gasteiger partial charge in [-0.25, -0.2) is 4.98 Å². The molecule has 2 aliphatic heterocycles. The van der Waals surface area contributed by atoms with Crippen molar-refractivity contribution in [2.75, 3.05) is 19.8 Å². The Morgan fingerprint density at radius 1 is 1.38 bits per heavy atom. The number of hydrogen-bond acceptors (Lipinski definition) is 4. The lowest BCUT2D eigenvalue weighted by Gasteiger charge is -2.54. The standard InChI is InChI=1S/C12H18N2O2/c1-10-11(16-9-13-10)8-14-5-2-12(14)3-6-15-7-4-12/h9H,2-8H2,1H3. The third kappa shape index (κ3) is 1.57. The molecule has 4 heteroatoms. The molecular formula is C12H18N2O2. The van der Waals surface area contributed by atoms with E-state index in [-0.39, 0.29) is 0 Å². The second-order valence-electron chi connectivity index (χ2n) is 4.87. The summed E-state index contributed by atoms with van der Waals surface area (Å²) in [7, 11) is 0. The predicted octanol–water partition coefficient (Wildman–Crippen LogP) is 1.74. The molecule has 2 fully saturated rings. The summed E-state index contributed by atoms with van der Waals surface area (Å²) in [5.74, 6) is 1.02. The summed E-state index contributed by atoms with van der Waals surface area (Å²) in [4.78, 5) is 6.67. The van der Waals surface area contributed by atoms with Crippen LogP contribution in [-0.4, -0.2) is 35.2 Å². The molecule has 16 heavy (non-hydrogen) atoms. The van der Waals surface area contributed by atoms with E-state index >= 15 is 0 Å². The van der Waals surface area contributed by atoms with Gasteiger partial charge in [0.25, 0.3) is 0 Å². The van der Waals surface area contributed by atoms with Crippen LogP contribution in [0.15, 0.2) is 10.8 Å². The van der Waals surface area contributed by atoms with Gasteiger partial charge in [-0.15, -0.1) is 0 Å². The predicted molar refractivity (Wildman–Crippen MR) is 59.1 cm³/mol. The fourth-order valence-electron chi connectivity index (χ4n) is 2.80. The third-order valence-electron chi connectivity index (χ3n) is 4.12. The van der Waals surface area contributed by atoms with Gasteiger partial charge in [0.05, 0.1) is 12.2 Å². The number of hydrogen-bond donors (Lipinski definition) is 0. The van der Waals surface area contributed by atoms with Gasteiger partial charge in [0.1, 0.15) is 5.76 Å². The molecule has 1 spiro atoms. The molecule has 1 aromatic heterocycles. The first kappa shape index (κ1) is 10.3. The number of likely N-dealkylation sites (tertiary alicyclic amines) is 1. The Morgan fingerprint density at radius 2 is 2.19 bits per heavy atom. The molecule has 0 saturated carbocycles. The van der Waals surface area contributed by atoms with E-state index < -0.39 is 0 Å². The highest BCUT2D eigenvalue weighted by Crippen LogP contribution is 2.40. The van der Waals surface area contributed by atoms with Crippen molar-refractivity contribution in [2.24, 2.45) is 0 Å². The maximum atomic E-state index is 5.45. The van der Waals surface area contributed by atoms with Gasteiger partial charge in [0, 0.05) is 25.3 Å². The van der Waals surface area contributed by atoms with Crippen LogP contribution in [0.2, 0.25) is 0 Å². The number of ether oxygens (including phenoxy) is 1. The summed E-state index contributed by atoms with van der Waals surface area (Å²) in [5, 5.41) is 0. The summed E-state index contributed by atoms with van der Waals surface area (Å²) in [6.45, 7) is 5.92. The summed E-state index contributed by atoms with van der Waals surface area (Å²) in [5.41, 5.74) is 1.42. The Labute approximate surface area is 95.6 Å². The lowest BCUT2D eigenvalue weighted by molar-refractivity contribution is -0.0969. The molecule has 3 heterocycles. The topological polar surface area (TPSA) is 38.5 Å². The Morgan fingerprint density at radius 3 is 2.75 bits per heavy atom. The molecule has 4 nitrogen and oxygen atoms in total. The van der Waals surface area contributed by atoms with Crippen LogP contribution in [0.3, 0.4) is 0 Å². The lowest BCUT2D eigenvalue weighted by Crippen LogP contribution is -2.61. The van der Waals surface area contributed by atoms with Crippen LogP contribution in [0.1, 0.15) is 30.7 Å². The summed E-state index contributed by atoms with van der Waals surface area (Å²) < 4.78 is 10.9. The fraction of sp³-hybridized carbons (Fsp3) is 0.750. The van der Waals surface area contributed by atoms with Crippen LogP contribution in [0.4, 0.5) is 0 Å². The van der Waals surface area contributed by atoms with Gasteiger partial charge in [0.2, 0.25) is 0 Å². The molecule has 0 atom stereocenters. The van der Waals surface area contributed by atoms with Gasteiger partial charge in [-0.05, 0) is 26.2 Å². The minimum Gasteiger partial charge on any atom is -0.447 e. The first-order valence-electron chi connectivity index (χ1n) is 6.02. The van der Waals surface area contributed by atoms with Crippen molar-refractivity contribution in [2.45, 2.75) is 38.3 Å².